The van der Waals surface area contributed by atoms with Crippen molar-refractivity contribution in [1.82, 2.24) is 24.6 Å². The number of ether oxygens (including phenoxy) is 1. The molecule has 3 heterocycles. The molecule has 1 aliphatic rings. The zero-order chi connectivity index (χ0) is 16.4. The first-order valence-corrected chi connectivity index (χ1v) is 7.72. The van der Waals surface area contributed by atoms with Crippen LogP contribution in [0, 0.1) is 6.92 Å². The van der Waals surface area contributed by atoms with Gasteiger partial charge in [-0.2, -0.15) is 0 Å². The van der Waals surface area contributed by atoms with Gasteiger partial charge in [0.05, 0.1) is 5.56 Å². The van der Waals surface area contributed by atoms with Gasteiger partial charge in [0.15, 0.2) is 5.82 Å². The summed E-state index contributed by atoms with van der Waals surface area (Å²) in [4.78, 5) is 18.8. The molecule has 1 unspecified atom stereocenters. The van der Waals surface area contributed by atoms with E-state index in [-0.39, 0.29) is 11.9 Å². The molecule has 0 aliphatic carbocycles. The molecule has 7 heteroatoms. The molecular formula is C16H21N5O2. The zero-order valence-electron chi connectivity index (χ0n) is 13.7. The first-order chi connectivity index (χ1) is 11.1. The third kappa shape index (κ3) is 3.10. The number of carbonyl (C=O) groups is 1. The van der Waals surface area contributed by atoms with Crippen LogP contribution in [0.15, 0.2) is 18.5 Å². The molecule has 0 saturated heterocycles. The predicted octanol–water partition coefficient (Wildman–Crippen LogP) is 1.21. The van der Waals surface area contributed by atoms with Crippen molar-refractivity contribution < 1.29 is 9.53 Å². The summed E-state index contributed by atoms with van der Waals surface area (Å²) in [5, 5.41) is 8.43. The van der Waals surface area contributed by atoms with Crippen LogP contribution in [0.1, 0.15) is 34.5 Å². The molecular weight excluding hydrogens is 294 g/mol. The first-order valence-electron chi connectivity index (χ1n) is 7.72. The van der Waals surface area contributed by atoms with Gasteiger partial charge in [-0.3, -0.25) is 9.78 Å². The third-order valence-corrected chi connectivity index (χ3v) is 4.13. The Kier molecular flexibility index (Phi) is 4.38. The molecule has 7 nitrogen and oxygen atoms in total. The fourth-order valence-electron chi connectivity index (χ4n) is 2.96. The summed E-state index contributed by atoms with van der Waals surface area (Å²) in [5.74, 6) is 1.73. The molecule has 3 rings (SSSR count). The maximum absolute atomic E-state index is 12.8. The van der Waals surface area contributed by atoms with Crippen LogP contribution in [0.25, 0.3) is 0 Å². The lowest BCUT2D eigenvalue weighted by molar-refractivity contribution is 0.0694. The van der Waals surface area contributed by atoms with Crippen molar-refractivity contribution in [2.45, 2.75) is 39.5 Å². The standard InChI is InChI=1S/C16H21N5O2/c1-11-6-13(9-17-8-11)16(22)20-4-5-21-14(7-12(20)2)18-19-15(21)10-23-3/h6,8-9,12H,4-5,7,10H2,1-3H3. The Hall–Kier alpha value is -2.28. The summed E-state index contributed by atoms with van der Waals surface area (Å²) in [5.41, 5.74) is 1.62. The molecule has 2 aromatic heterocycles. The number of hydrogen-bond donors (Lipinski definition) is 0. The van der Waals surface area contributed by atoms with E-state index in [0.717, 1.165) is 17.2 Å². The minimum Gasteiger partial charge on any atom is -0.377 e. The largest absolute Gasteiger partial charge is 0.377 e. The Bertz CT molecular complexity index is 712. The van der Waals surface area contributed by atoms with Crippen molar-refractivity contribution in [3.63, 3.8) is 0 Å². The Morgan fingerprint density at radius 3 is 2.91 bits per heavy atom. The van der Waals surface area contributed by atoms with Gasteiger partial charge in [-0.15, -0.1) is 10.2 Å². The molecule has 0 radical (unpaired) electrons. The van der Waals surface area contributed by atoms with E-state index in [1.807, 2.05) is 24.8 Å². The quantitative estimate of drug-likeness (QED) is 0.851. The molecule has 0 spiro atoms. The van der Waals surface area contributed by atoms with Gasteiger partial charge in [-0.1, -0.05) is 0 Å². The third-order valence-electron chi connectivity index (χ3n) is 4.13. The van der Waals surface area contributed by atoms with Gasteiger partial charge in [0.2, 0.25) is 0 Å². The number of pyridine rings is 1. The molecule has 0 bridgehead atoms. The lowest BCUT2D eigenvalue weighted by Crippen LogP contribution is -2.40. The summed E-state index contributed by atoms with van der Waals surface area (Å²) >= 11 is 0. The van der Waals surface area contributed by atoms with E-state index in [9.17, 15) is 4.79 Å². The monoisotopic (exact) mass is 315 g/mol. The fraction of sp³-hybridized carbons (Fsp3) is 0.500. The van der Waals surface area contributed by atoms with E-state index in [1.54, 1.807) is 19.5 Å². The van der Waals surface area contributed by atoms with Crippen LogP contribution in [0.3, 0.4) is 0 Å². The van der Waals surface area contributed by atoms with Crippen molar-refractivity contribution in [2.24, 2.45) is 0 Å². The molecule has 23 heavy (non-hydrogen) atoms. The number of nitrogens with zero attached hydrogens (tertiary/aromatic N) is 5. The van der Waals surface area contributed by atoms with Gasteiger partial charge in [0.25, 0.3) is 5.91 Å². The number of carbonyl (C=O) groups excluding carboxylic acids is 1. The minimum atomic E-state index is 0.0145. The molecule has 1 atom stereocenters. The summed E-state index contributed by atoms with van der Waals surface area (Å²) in [6.45, 7) is 5.71. The summed E-state index contributed by atoms with van der Waals surface area (Å²) < 4.78 is 7.22. The van der Waals surface area contributed by atoms with Crippen LogP contribution in [0.5, 0.6) is 0 Å². The van der Waals surface area contributed by atoms with Gasteiger partial charge in [-0.05, 0) is 25.5 Å². The van der Waals surface area contributed by atoms with E-state index < -0.39 is 0 Å². The van der Waals surface area contributed by atoms with Crippen molar-refractivity contribution in [1.29, 1.82) is 0 Å². The second-order valence-electron chi connectivity index (χ2n) is 5.92. The average Bonchev–Trinajstić information content (AvgIpc) is 2.81. The number of methoxy groups -OCH3 is 1. The number of aromatic nitrogens is 4. The molecule has 1 amide bonds. The topological polar surface area (TPSA) is 73.1 Å². The Morgan fingerprint density at radius 2 is 2.17 bits per heavy atom. The maximum Gasteiger partial charge on any atom is 0.255 e. The molecule has 122 valence electrons. The van der Waals surface area contributed by atoms with E-state index >= 15 is 0 Å². The lowest BCUT2D eigenvalue weighted by atomic mass is 10.1. The highest BCUT2D eigenvalue weighted by atomic mass is 16.5. The Morgan fingerprint density at radius 1 is 1.35 bits per heavy atom. The number of hydrogen-bond acceptors (Lipinski definition) is 5. The minimum absolute atomic E-state index is 0.0145. The van der Waals surface area contributed by atoms with Crippen LogP contribution in [0.2, 0.25) is 0 Å². The van der Waals surface area contributed by atoms with Gasteiger partial charge in [0.1, 0.15) is 12.4 Å². The molecule has 0 fully saturated rings. The number of rotatable bonds is 3. The SMILES string of the molecule is COCc1nnc2n1CCN(C(=O)c1cncc(C)c1)C(C)C2. The van der Waals surface area contributed by atoms with Crippen LogP contribution in [0.4, 0.5) is 0 Å². The second kappa shape index (κ2) is 6.45. The van der Waals surface area contributed by atoms with E-state index in [2.05, 4.69) is 19.7 Å². The van der Waals surface area contributed by atoms with Crippen molar-refractivity contribution in [3.8, 4) is 0 Å². The molecule has 0 aromatic carbocycles. The predicted molar refractivity (Wildman–Crippen MR) is 83.9 cm³/mol. The molecule has 2 aromatic rings. The number of amides is 1. The van der Waals surface area contributed by atoms with Crippen molar-refractivity contribution >= 4 is 5.91 Å². The van der Waals surface area contributed by atoms with Crippen LogP contribution < -0.4 is 0 Å². The smallest absolute Gasteiger partial charge is 0.255 e. The summed E-state index contributed by atoms with van der Waals surface area (Å²) in [7, 11) is 1.64. The Labute approximate surface area is 135 Å². The number of fused-ring (bicyclic) bond motifs is 1. The van der Waals surface area contributed by atoms with Crippen LogP contribution in [-0.4, -0.2) is 50.3 Å². The lowest BCUT2D eigenvalue weighted by Gasteiger charge is -2.26. The highest BCUT2D eigenvalue weighted by Crippen LogP contribution is 2.17. The zero-order valence-corrected chi connectivity index (χ0v) is 13.7. The van der Waals surface area contributed by atoms with Crippen molar-refractivity contribution in [2.75, 3.05) is 13.7 Å². The summed E-state index contributed by atoms with van der Waals surface area (Å²) in [6, 6.07) is 1.94. The van der Waals surface area contributed by atoms with Crippen LogP contribution >= 0.6 is 0 Å². The average molecular weight is 315 g/mol. The van der Waals surface area contributed by atoms with E-state index in [1.165, 1.54) is 0 Å². The van der Waals surface area contributed by atoms with Crippen molar-refractivity contribution in [3.05, 3.63) is 41.2 Å². The molecule has 0 saturated carbocycles. The normalized spacial score (nSPS) is 17.7. The first kappa shape index (κ1) is 15.6. The fourth-order valence-corrected chi connectivity index (χ4v) is 2.96. The van der Waals surface area contributed by atoms with Crippen LogP contribution in [-0.2, 0) is 24.3 Å². The highest BCUT2D eigenvalue weighted by Gasteiger charge is 2.27. The van der Waals surface area contributed by atoms with Gasteiger partial charge < -0.3 is 14.2 Å². The highest BCUT2D eigenvalue weighted by molar-refractivity contribution is 5.94. The Balaban J connectivity index is 1.82. The van der Waals surface area contributed by atoms with Gasteiger partial charge >= 0.3 is 0 Å². The summed E-state index contributed by atoms with van der Waals surface area (Å²) in [6.07, 6.45) is 4.06. The van der Waals surface area contributed by atoms with Gasteiger partial charge in [0, 0.05) is 45.1 Å². The van der Waals surface area contributed by atoms with Gasteiger partial charge in [-0.25, -0.2) is 0 Å². The maximum atomic E-state index is 12.8. The van der Waals surface area contributed by atoms with E-state index in [0.29, 0.717) is 31.7 Å². The number of aryl methyl sites for hydroxylation is 1. The second-order valence-corrected chi connectivity index (χ2v) is 5.92. The molecule has 1 aliphatic heterocycles. The van der Waals surface area contributed by atoms with E-state index in [4.69, 9.17) is 4.74 Å². The molecule has 0 N–H and O–H groups in total.